The van der Waals surface area contributed by atoms with Crippen molar-refractivity contribution in [1.82, 2.24) is 0 Å². The summed E-state index contributed by atoms with van der Waals surface area (Å²) in [4.78, 5) is 27.7. The molecular weight excluding hydrogens is 352 g/mol. The third kappa shape index (κ3) is 2.97. The molecule has 4 rings (SSSR count). The summed E-state index contributed by atoms with van der Waals surface area (Å²) in [6, 6.07) is 16.8. The van der Waals surface area contributed by atoms with Gasteiger partial charge >= 0.3 is 0 Å². The van der Waals surface area contributed by atoms with Gasteiger partial charge in [-0.25, -0.2) is 0 Å². The summed E-state index contributed by atoms with van der Waals surface area (Å²) in [5.41, 5.74) is 3.39. The van der Waals surface area contributed by atoms with E-state index < -0.39 is 0 Å². The zero-order chi connectivity index (χ0) is 19.7. The summed E-state index contributed by atoms with van der Waals surface area (Å²) in [6.07, 6.45) is 2.06. The Morgan fingerprint density at radius 2 is 1.82 bits per heavy atom. The molecule has 1 aliphatic heterocycles. The number of anilines is 1. The number of Topliss-reactive ketones (excluding diaryl/α,β-unsaturated/α-hetero) is 1. The second kappa shape index (κ2) is 7.32. The molecule has 2 aliphatic rings. The molecule has 140 valence electrons. The first kappa shape index (κ1) is 18.0. The molecule has 1 aliphatic carbocycles. The van der Waals surface area contributed by atoms with Crippen LogP contribution in [0.3, 0.4) is 0 Å². The third-order valence-electron chi connectivity index (χ3n) is 5.46. The Labute approximate surface area is 163 Å². The molecule has 2 aromatic carbocycles. The van der Waals surface area contributed by atoms with E-state index in [0.717, 1.165) is 17.0 Å². The SMILES string of the molecule is COc1ccc(C2CC(=O)N(c3ccccc3C#N)C3=C2C(=O)CCC3)cc1. The highest BCUT2D eigenvalue weighted by atomic mass is 16.5. The summed E-state index contributed by atoms with van der Waals surface area (Å²) >= 11 is 0. The normalized spacial score (nSPS) is 19.3. The molecule has 5 nitrogen and oxygen atoms in total. The van der Waals surface area contributed by atoms with Crippen molar-refractivity contribution in [3.8, 4) is 11.8 Å². The van der Waals surface area contributed by atoms with Gasteiger partial charge in [-0.05, 0) is 42.7 Å². The molecule has 0 radical (unpaired) electrons. The van der Waals surface area contributed by atoms with Crippen LogP contribution in [0.25, 0.3) is 0 Å². The summed E-state index contributed by atoms with van der Waals surface area (Å²) in [6.45, 7) is 0. The number of hydrogen-bond donors (Lipinski definition) is 0. The maximum absolute atomic E-state index is 13.2. The quantitative estimate of drug-likeness (QED) is 0.813. The van der Waals surface area contributed by atoms with Gasteiger partial charge in [0, 0.05) is 30.0 Å². The first-order valence-corrected chi connectivity index (χ1v) is 9.36. The van der Waals surface area contributed by atoms with Crippen molar-refractivity contribution in [2.75, 3.05) is 12.0 Å². The number of ether oxygens (including phenoxy) is 1. The van der Waals surface area contributed by atoms with Crippen LogP contribution < -0.4 is 9.64 Å². The van der Waals surface area contributed by atoms with Gasteiger partial charge in [-0.2, -0.15) is 5.26 Å². The van der Waals surface area contributed by atoms with Gasteiger partial charge in [-0.15, -0.1) is 0 Å². The molecule has 0 aromatic heterocycles. The molecule has 28 heavy (non-hydrogen) atoms. The summed E-state index contributed by atoms with van der Waals surface area (Å²) in [7, 11) is 1.61. The lowest BCUT2D eigenvalue weighted by molar-refractivity contribution is -0.119. The molecule has 1 atom stereocenters. The molecule has 2 aromatic rings. The number of carbonyl (C=O) groups excluding carboxylic acids is 2. The van der Waals surface area contributed by atoms with Crippen LogP contribution in [0.15, 0.2) is 59.8 Å². The van der Waals surface area contributed by atoms with Crippen LogP contribution in [-0.2, 0) is 9.59 Å². The lowest BCUT2D eigenvalue weighted by atomic mass is 9.77. The van der Waals surface area contributed by atoms with E-state index in [2.05, 4.69) is 6.07 Å². The first-order valence-electron chi connectivity index (χ1n) is 9.36. The molecule has 0 saturated carbocycles. The summed E-state index contributed by atoms with van der Waals surface area (Å²) in [5.74, 6) is 0.484. The zero-order valence-corrected chi connectivity index (χ0v) is 15.6. The Morgan fingerprint density at radius 1 is 1.07 bits per heavy atom. The smallest absolute Gasteiger partial charge is 0.232 e. The van der Waals surface area contributed by atoms with Gasteiger partial charge < -0.3 is 4.74 Å². The topological polar surface area (TPSA) is 70.4 Å². The van der Waals surface area contributed by atoms with Gasteiger partial charge in [0.2, 0.25) is 5.91 Å². The number of methoxy groups -OCH3 is 1. The number of allylic oxidation sites excluding steroid dienone is 2. The monoisotopic (exact) mass is 372 g/mol. The number of amides is 1. The average molecular weight is 372 g/mol. The molecular formula is C23H20N2O3. The Bertz CT molecular complexity index is 1010. The van der Waals surface area contributed by atoms with E-state index >= 15 is 0 Å². The van der Waals surface area contributed by atoms with E-state index in [0.29, 0.717) is 36.1 Å². The molecule has 0 N–H and O–H groups in total. The standard InChI is InChI=1S/C23H20N2O3/c1-28-17-11-9-15(10-12-17)18-13-22(27)25(19-6-3-2-5-16(19)14-24)20-7-4-8-21(26)23(18)20/h2-3,5-6,9-12,18H,4,7-8,13H2,1H3. The Hall–Kier alpha value is -3.39. The van der Waals surface area contributed by atoms with E-state index in [4.69, 9.17) is 4.74 Å². The molecule has 5 heteroatoms. The fourth-order valence-electron chi connectivity index (χ4n) is 4.16. The van der Waals surface area contributed by atoms with Gasteiger partial charge in [0.25, 0.3) is 0 Å². The number of nitriles is 1. The Kier molecular flexibility index (Phi) is 4.70. The predicted octanol–water partition coefficient (Wildman–Crippen LogP) is 4.09. The number of carbonyl (C=O) groups is 2. The van der Waals surface area contributed by atoms with Crippen molar-refractivity contribution < 1.29 is 14.3 Å². The lowest BCUT2D eigenvalue weighted by Crippen LogP contribution is -2.40. The Morgan fingerprint density at radius 3 is 2.54 bits per heavy atom. The number of ketones is 1. The predicted molar refractivity (Wildman–Crippen MR) is 105 cm³/mol. The second-order valence-electron chi connectivity index (χ2n) is 7.03. The van der Waals surface area contributed by atoms with Crippen LogP contribution in [0.4, 0.5) is 5.69 Å². The van der Waals surface area contributed by atoms with Crippen LogP contribution in [0.5, 0.6) is 5.75 Å². The van der Waals surface area contributed by atoms with Crippen LogP contribution in [0.2, 0.25) is 0 Å². The largest absolute Gasteiger partial charge is 0.497 e. The van der Waals surface area contributed by atoms with Gasteiger partial charge in [0.1, 0.15) is 11.8 Å². The van der Waals surface area contributed by atoms with E-state index in [1.165, 1.54) is 0 Å². The van der Waals surface area contributed by atoms with Crippen LogP contribution in [0, 0.1) is 11.3 Å². The molecule has 1 heterocycles. The maximum atomic E-state index is 13.2. The van der Waals surface area contributed by atoms with Gasteiger partial charge in [0.15, 0.2) is 5.78 Å². The van der Waals surface area contributed by atoms with Crippen LogP contribution in [-0.4, -0.2) is 18.8 Å². The van der Waals surface area contributed by atoms with Gasteiger partial charge in [-0.3, -0.25) is 14.5 Å². The van der Waals surface area contributed by atoms with E-state index in [9.17, 15) is 14.9 Å². The molecule has 0 spiro atoms. The molecule has 0 saturated heterocycles. The summed E-state index contributed by atoms with van der Waals surface area (Å²) in [5, 5.41) is 9.48. The van der Waals surface area contributed by atoms with Crippen molar-refractivity contribution in [3.05, 3.63) is 70.9 Å². The highest BCUT2D eigenvalue weighted by Crippen LogP contribution is 2.44. The van der Waals surface area contributed by atoms with E-state index in [1.54, 1.807) is 30.2 Å². The number of benzene rings is 2. The molecule has 1 amide bonds. The molecule has 0 fully saturated rings. The minimum Gasteiger partial charge on any atom is -0.497 e. The third-order valence-corrected chi connectivity index (χ3v) is 5.46. The van der Waals surface area contributed by atoms with Crippen molar-refractivity contribution in [2.45, 2.75) is 31.6 Å². The second-order valence-corrected chi connectivity index (χ2v) is 7.03. The van der Waals surface area contributed by atoms with E-state index in [-0.39, 0.29) is 24.0 Å². The van der Waals surface area contributed by atoms with Gasteiger partial charge in [-0.1, -0.05) is 24.3 Å². The lowest BCUT2D eigenvalue weighted by Gasteiger charge is -2.38. The van der Waals surface area contributed by atoms with Crippen molar-refractivity contribution >= 4 is 17.4 Å². The number of para-hydroxylation sites is 1. The van der Waals surface area contributed by atoms with Gasteiger partial charge in [0.05, 0.1) is 18.4 Å². The maximum Gasteiger partial charge on any atom is 0.232 e. The average Bonchev–Trinajstić information content (AvgIpc) is 2.73. The molecule has 0 bridgehead atoms. The Balaban J connectivity index is 1.86. The molecule has 1 unspecified atom stereocenters. The van der Waals surface area contributed by atoms with Crippen LogP contribution in [0.1, 0.15) is 42.7 Å². The van der Waals surface area contributed by atoms with E-state index in [1.807, 2.05) is 30.3 Å². The fraction of sp³-hybridized carbons (Fsp3) is 0.261. The minimum absolute atomic E-state index is 0.0861. The van der Waals surface area contributed by atoms with Crippen molar-refractivity contribution in [2.24, 2.45) is 0 Å². The summed E-state index contributed by atoms with van der Waals surface area (Å²) < 4.78 is 5.22. The highest BCUT2D eigenvalue weighted by Gasteiger charge is 2.40. The van der Waals surface area contributed by atoms with Crippen LogP contribution >= 0.6 is 0 Å². The first-order chi connectivity index (χ1) is 13.6. The highest BCUT2D eigenvalue weighted by molar-refractivity contribution is 6.08. The van der Waals surface area contributed by atoms with Crippen molar-refractivity contribution in [1.29, 1.82) is 5.26 Å². The fourth-order valence-corrected chi connectivity index (χ4v) is 4.16. The minimum atomic E-state index is -0.258. The number of hydrogen-bond acceptors (Lipinski definition) is 4. The zero-order valence-electron chi connectivity index (χ0n) is 15.6. The number of rotatable bonds is 3. The van der Waals surface area contributed by atoms with Crippen molar-refractivity contribution in [3.63, 3.8) is 0 Å². The number of nitrogens with zero attached hydrogens (tertiary/aromatic N) is 2.